The molecule has 0 amide bonds. The molecule has 4 heteroatoms. The molecule has 2 aromatic rings. The Bertz CT molecular complexity index is 571. The van der Waals surface area contributed by atoms with Gasteiger partial charge in [-0.1, -0.05) is 23.7 Å². The van der Waals surface area contributed by atoms with Crippen molar-refractivity contribution >= 4 is 33.2 Å². The molecule has 2 rings (SSSR count). The second kappa shape index (κ2) is 7.00. The van der Waals surface area contributed by atoms with E-state index in [9.17, 15) is 5.11 Å². The van der Waals surface area contributed by atoms with Gasteiger partial charge in [-0.2, -0.15) is 0 Å². The first-order valence-corrected chi connectivity index (χ1v) is 7.71. The highest BCUT2D eigenvalue weighted by atomic mass is 79.9. The van der Waals surface area contributed by atoms with Crippen molar-refractivity contribution in [3.8, 4) is 5.75 Å². The fourth-order valence-electron chi connectivity index (χ4n) is 1.99. The van der Waals surface area contributed by atoms with Gasteiger partial charge in [-0.3, -0.25) is 0 Å². The average Bonchev–Trinajstić information content (AvgIpc) is 2.42. The van der Waals surface area contributed by atoms with Gasteiger partial charge >= 0.3 is 0 Å². The van der Waals surface area contributed by atoms with E-state index >= 15 is 0 Å². The van der Waals surface area contributed by atoms with E-state index in [4.69, 9.17) is 11.6 Å². The van der Waals surface area contributed by atoms with Crippen molar-refractivity contribution in [2.24, 2.45) is 0 Å². The highest BCUT2D eigenvalue weighted by Gasteiger charge is 2.05. The minimum atomic E-state index is 0.310. The smallest absolute Gasteiger partial charge is 0.115 e. The van der Waals surface area contributed by atoms with Crippen molar-refractivity contribution < 1.29 is 5.11 Å². The quantitative estimate of drug-likeness (QED) is 0.769. The Kier molecular flexibility index (Phi) is 5.32. The van der Waals surface area contributed by atoms with E-state index in [1.165, 1.54) is 5.56 Å². The van der Waals surface area contributed by atoms with Crippen molar-refractivity contribution in [2.45, 2.75) is 25.8 Å². The minimum Gasteiger partial charge on any atom is -0.508 e. The van der Waals surface area contributed by atoms with Gasteiger partial charge in [-0.15, -0.1) is 0 Å². The van der Waals surface area contributed by atoms with E-state index in [0.29, 0.717) is 16.8 Å². The molecule has 2 aromatic carbocycles. The Hall–Kier alpha value is -1.19. The predicted octanol–water partition coefficient (Wildman–Crippen LogP) is 5.24. The van der Waals surface area contributed by atoms with Crippen LogP contribution in [0.2, 0.25) is 5.02 Å². The average molecular weight is 355 g/mol. The van der Waals surface area contributed by atoms with Crippen LogP contribution in [0.4, 0.5) is 5.69 Å². The number of phenolic OH excluding ortho intramolecular Hbond substituents is 1. The number of hydrogen-bond acceptors (Lipinski definition) is 2. The number of aromatic hydroxyl groups is 1. The van der Waals surface area contributed by atoms with Crippen molar-refractivity contribution in [1.29, 1.82) is 0 Å². The number of benzene rings is 2. The highest BCUT2D eigenvalue weighted by Crippen LogP contribution is 2.26. The van der Waals surface area contributed by atoms with Gasteiger partial charge in [0, 0.05) is 16.2 Å². The zero-order chi connectivity index (χ0) is 14.5. The van der Waals surface area contributed by atoms with Gasteiger partial charge < -0.3 is 10.4 Å². The van der Waals surface area contributed by atoms with E-state index in [2.05, 4.69) is 28.2 Å². The van der Waals surface area contributed by atoms with Gasteiger partial charge in [0.1, 0.15) is 5.75 Å². The lowest BCUT2D eigenvalue weighted by Gasteiger charge is -2.15. The molecule has 0 aliphatic heterocycles. The molecule has 0 aliphatic carbocycles. The summed E-state index contributed by atoms with van der Waals surface area (Å²) in [6.45, 7) is 2.15. The molecule has 1 unspecified atom stereocenters. The molecule has 20 heavy (non-hydrogen) atoms. The second-order valence-corrected chi connectivity index (χ2v) is 6.14. The summed E-state index contributed by atoms with van der Waals surface area (Å²) in [5.41, 5.74) is 2.25. The van der Waals surface area contributed by atoms with Crippen LogP contribution in [-0.2, 0) is 6.42 Å². The lowest BCUT2D eigenvalue weighted by molar-refractivity contribution is 0.475. The van der Waals surface area contributed by atoms with Crippen LogP contribution in [0.15, 0.2) is 46.9 Å². The summed E-state index contributed by atoms with van der Waals surface area (Å²) in [6.07, 6.45) is 1.98. The van der Waals surface area contributed by atoms with Crippen molar-refractivity contribution in [3.05, 3.63) is 57.5 Å². The molecule has 0 heterocycles. The number of hydrogen-bond donors (Lipinski definition) is 2. The SMILES string of the molecule is CC(CCc1ccc(O)cc1)Nc1ccc(Br)c(Cl)c1. The van der Waals surface area contributed by atoms with E-state index in [-0.39, 0.29) is 0 Å². The third-order valence-electron chi connectivity index (χ3n) is 3.14. The molecule has 0 fully saturated rings. The first kappa shape index (κ1) is 15.2. The molecule has 0 aliphatic rings. The normalized spacial score (nSPS) is 12.2. The van der Waals surface area contributed by atoms with Crippen LogP contribution in [0.3, 0.4) is 0 Å². The topological polar surface area (TPSA) is 32.3 Å². The summed E-state index contributed by atoms with van der Waals surface area (Å²) in [4.78, 5) is 0. The Morgan fingerprint density at radius 1 is 1.20 bits per heavy atom. The third kappa shape index (κ3) is 4.43. The Morgan fingerprint density at radius 3 is 2.55 bits per heavy atom. The number of nitrogens with one attached hydrogen (secondary N) is 1. The molecule has 2 nitrogen and oxygen atoms in total. The maximum atomic E-state index is 9.25. The maximum absolute atomic E-state index is 9.25. The summed E-state index contributed by atoms with van der Waals surface area (Å²) in [5.74, 6) is 0.310. The predicted molar refractivity (Wildman–Crippen MR) is 88.7 cm³/mol. The van der Waals surface area contributed by atoms with Crippen LogP contribution in [-0.4, -0.2) is 11.1 Å². The van der Waals surface area contributed by atoms with E-state index in [1.54, 1.807) is 12.1 Å². The standard InChI is InChI=1S/C16H17BrClNO/c1-11(2-3-12-4-7-14(20)8-5-12)19-13-6-9-15(17)16(18)10-13/h4-11,19-20H,2-3H2,1H3. The molecule has 2 N–H and O–H groups in total. The number of halogens is 2. The molecule has 0 saturated carbocycles. The molecule has 0 saturated heterocycles. The lowest BCUT2D eigenvalue weighted by atomic mass is 10.1. The highest BCUT2D eigenvalue weighted by molar-refractivity contribution is 9.10. The number of phenols is 1. The number of rotatable bonds is 5. The molecule has 106 valence electrons. The number of anilines is 1. The summed E-state index contributed by atoms with van der Waals surface area (Å²) in [6, 6.07) is 13.6. The van der Waals surface area contributed by atoms with Gasteiger partial charge in [0.15, 0.2) is 0 Å². The van der Waals surface area contributed by atoms with Gasteiger partial charge in [0.05, 0.1) is 5.02 Å². The molecule has 1 atom stereocenters. The van der Waals surface area contributed by atoms with Crippen LogP contribution in [0.25, 0.3) is 0 Å². The Morgan fingerprint density at radius 2 is 1.90 bits per heavy atom. The van der Waals surface area contributed by atoms with E-state index in [0.717, 1.165) is 23.0 Å². The Labute approximate surface area is 132 Å². The van der Waals surface area contributed by atoms with Gasteiger partial charge in [-0.05, 0) is 71.6 Å². The summed E-state index contributed by atoms with van der Waals surface area (Å²) in [5, 5.41) is 13.4. The summed E-state index contributed by atoms with van der Waals surface area (Å²) in [7, 11) is 0. The van der Waals surface area contributed by atoms with E-state index in [1.807, 2.05) is 30.3 Å². The summed E-state index contributed by atoms with van der Waals surface area (Å²) < 4.78 is 0.904. The monoisotopic (exact) mass is 353 g/mol. The minimum absolute atomic E-state index is 0.310. The van der Waals surface area contributed by atoms with Crippen molar-refractivity contribution in [1.82, 2.24) is 0 Å². The molecule has 0 radical (unpaired) electrons. The van der Waals surface area contributed by atoms with Crippen molar-refractivity contribution in [3.63, 3.8) is 0 Å². The molecular formula is C16H17BrClNO. The fraction of sp³-hybridized carbons (Fsp3) is 0.250. The second-order valence-electron chi connectivity index (χ2n) is 4.88. The van der Waals surface area contributed by atoms with Gasteiger partial charge in [-0.25, -0.2) is 0 Å². The van der Waals surface area contributed by atoms with Crippen LogP contribution in [0.1, 0.15) is 18.9 Å². The zero-order valence-electron chi connectivity index (χ0n) is 11.2. The largest absolute Gasteiger partial charge is 0.508 e. The van der Waals surface area contributed by atoms with Crippen LogP contribution < -0.4 is 5.32 Å². The lowest BCUT2D eigenvalue weighted by Crippen LogP contribution is -2.15. The molecule has 0 bridgehead atoms. The summed E-state index contributed by atoms with van der Waals surface area (Å²) >= 11 is 9.46. The first-order chi connectivity index (χ1) is 9.54. The van der Waals surface area contributed by atoms with Crippen LogP contribution in [0, 0.1) is 0 Å². The zero-order valence-corrected chi connectivity index (χ0v) is 13.6. The fourth-order valence-corrected chi connectivity index (χ4v) is 2.42. The first-order valence-electron chi connectivity index (χ1n) is 6.54. The maximum Gasteiger partial charge on any atom is 0.115 e. The van der Waals surface area contributed by atoms with E-state index < -0.39 is 0 Å². The molecular weight excluding hydrogens is 338 g/mol. The van der Waals surface area contributed by atoms with Gasteiger partial charge in [0.2, 0.25) is 0 Å². The third-order valence-corrected chi connectivity index (χ3v) is 4.37. The molecule has 0 aromatic heterocycles. The van der Waals surface area contributed by atoms with Gasteiger partial charge in [0.25, 0.3) is 0 Å². The molecule has 0 spiro atoms. The van der Waals surface area contributed by atoms with Crippen LogP contribution in [0.5, 0.6) is 5.75 Å². The van der Waals surface area contributed by atoms with Crippen LogP contribution >= 0.6 is 27.5 Å². The number of aryl methyl sites for hydroxylation is 1. The van der Waals surface area contributed by atoms with Crippen molar-refractivity contribution in [2.75, 3.05) is 5.32 Å². The Balaban J connectivity index is 1.87.